The number of anilines is 1. The lowest BCUT2D eigenvalue weighted by Crippen LogP contribution is -2.51. The Labute approximate surface area is 311 Å². The molecule has 54 heavy (non-hydrogen) atoms. The Bertz CT molecular complexity index is 2210. The molecule has 13 heteroatoms. The van der Waals surface area contributed by atoms with Gasteiger partial charge in [0.25, 0.3) is 5.92 Å². The Hall–Kier alpha value is -5.85. The van der Waals surface area contributed by atoms with Gasteiger partial charge in [0.2, 0.25) is 11.8 Å². The molecule has 1 saturated heterocycles. The number of aromatic nitrogens is 4. The Morgan fingerprint density at radius 1 is 0.852 bits per heavy atom. The first-order valence-corrected chi connectivity index (χ1v) is 18.3. The number of nitrogens with one attached hydrogen (secondary N) is 3. The van der Waals surface area contributed by atoms with Gasteiger partial charge >= 0.3 is 6.09 Å². The van der Waals surface area contributed by atoms with Gasteiger partial charge in [-0.05, 0) is 52.1 Å². The van der Waals surface area contributed by atoms with Gasteiger partial charge in [0.15, 0.2) is 0 Å². The number of carbonyl (C=O) groups is 3. The second kappa shape index (κ2) is 13.9. The number of rotatable bonds is 8. The molecule has 3 amide bonds. The number of imidazole rings is 2. The summed E-state index contributed by atoms with van der Waals surface area (Å²) in [6, 6.07) is 20.1. The van der Waals surface area contributed by atoms with E-state index in [-0.39, 0.29) is 23.7 Å². The molecule has 8 rings (SSSR count). The maximum Gasteiger partial charge on any atom is 0.407 e. The molecule has 0 spiro atoms. The maximum absolute atomic E-state index is 14.8. The summed E-state index contributed by atoms with van der Waals surface area (Å²) in [5.74, 6) is -2.92. The molecule has 0 radical (unpaired) electrons. The summed E-state index contributed by atoms with van der Waals surface area (Å²) in [5, 5.41) is 2.48. The SMILES string of the molecule is COC(=O)N[C@H](C(=O)N1CC(F)(F)C[C@H]1c1ncc(-c2ccc(-c3ccc(-c4cnc([C@@H]5Cc6cccc7c6N5C(=O)CCC7)[nH]4)cc3)cc2)[nH]1)C(C)C. The molecule has 3 N–H and O–H groups in total. The third kappa shape index (κ3) is 6.52. The molecule has 278 valence electrons. The largest absolute Gasteiger partial charge is 0.453 e. The molecule has 5 aromatic rings. The number of para-hydroxylation sites is 1. The minimum Gasteiger partial charge on any atom is -0.453 e. The lowest BCUT2D eigenvalue weighted by Gasteiger charge is -2.29. The highest BCUT2D eigenvalue weighted by molar-refractivity contribution is 5.98. The maximum atomic E-state index is 14.8. The third-order valence-electron chi connectivity index (χ3n) is 10.8. The standard InChI is InChI=1S/C41H41F2N7O4/c1-23(2)35(48-40(53)54-3)39(52)49-22-41(42,43)19-33(49)38-45-21-31(47-38)27-16-12-25(13-17-27)24-10-14-26(15-11-24)30-20-44-37(46-30)32-18-29-8-4-6-28-7-5-9-34(51)50(32)36(28)29/h4,6,8,10-17,20-21,23,32-33,35H,5,7,9,18-19,22H2,1-3H3,(H,44,46)(H,45,47)(H,48,53)/t32-,33-,35-/m0/s1. The summed E-state index contributed by atoms with van der Waals surface area (Å²) < 4.78 is 34.2. The van der Waals surface area contributed by atoms with Gasteiger partial charge in [-0.2, -0.15) is 0 Å². The first-order valence-electron chi connectivity index (χ1n) is 18.3. The topological polar surface area (TPSA) is 136 Å². The molecule has 11 nitrogen and oxygen atoms in total. The molecule has 3 aromatic carbocycles. The highest BCUT2D eigenvalue weighted by Crippen LogP contribution is 2.45. The van der Waals surface area contributed by atoms with Crippen molar-refractivity contribution in [1.82, 2.24) is 30.2 Å². The van der Waals surface area contributed by atoms with E-state index in [1.165, 1.54) is 18.2 Å². The predicted octanol–water partition coefficient (Wildman–Crippen LogP) is 7.39. The van der Waals surface area contributed by atoms with E-state index in [0.29, 0.717) is 12.1 Å². The molecular weight excluding hydrogens is 692 g/mol. The zero-order chi connectivity index (χ0) is 37.7. The number of nitrogens with zero attached hydrogens (tertiary/aromatic N) is 4. The number of ether oxygens (including phenoxy) is 1. The van der Waals surface area contributed by atoms with E-state index in [1.54, 1.807) is 20.0 Å². The van der Waals surface area contributed by atoms with Crippen LogP contribution in [0.4, 0.5) is 19.3 Å². The fourth-order valence-electron chi connectivity index (χ4n) is 8.00. The van der Waals surface area contributed by atoms with Crippen LogP contribution in [0.1, 0.15) is 68.0 Å². The quantitative estimate of drug-likeness (QED) is 0.152. The number of amides is 3. The number of aromatic amines is 2. The molecule has 0 aliphatic carbocycles. The zero-order valence-electron chi connectivity index (χ0n) is 30.2. The number of likely N-dealkylation sites (tertiary alicyclic amines) is 1. The molecule has 3 aliphatic rings. The third-order valence-corrected chi connectivity index (χ3v) is 10.8. The van der Waals surface area contributed by atoms with Gasteiger partial charge in [-0.1, -0.05) is 80.6 Å². The van der Waals surface area contributed by atoms with E-state index in [9.17, 15) is 23.2 Å². The number of carbonyl (C=O) groups excluding carboxylic acids is 3. The zero-order valence-corrected chi connectivity index (χ0v) is 30.2. The molecule has 1 fully saturated rings. The highest BCUT2D eigenvalue weighted by Gasteiger charge is 2.50. The van der Waals surface area contributed by atoms with Crippen molar-refractivity contribution in [3.8, 4) is 33.6 Å². The molecule has 0 saturated carbocycles. The number of alkyl halides is 2. The summed E-state index contributed by atoms with van der Waals surface area (Å²) in [7, 11) is 1.18. The van der Waals surface area contributed by atoms with E-state index >= 15 is 0 Å². The van der Waals surface area contributed by atoms with Crippen LogP contribution in [0.5, 0.6) is 0 Å². The predicted molar refractivity (Wildman–Crippen MR) is 199 cm³/mol. The summed E-state index contributed by atoms with van der Waals surface area (Å²) >= 11 is 0. The van der Waals surface area contributed by atoms with Crippen molar-refractivity contribution in [2.24, 2.45) is 5.92 Å². The van der Waals surface area contributed by atoms with Gasteiger partial charge in [0, 0.05) is 19.3 Å². The minimum atomic E-state index is -3.11. The van der Waals surface area contributed by atoms with Crippen LogP contribution in [-0.4, -0.2) is 68.4 Å². The molecule has 3 aliphatic heterocycles. The monoisotopic (exact) mass is 733 g/mol. The lowest BCUT2D eigenvalue weighted by molar-refractivity contribution is -0.136. The number of H-pyrrole nitrogens is 2. The van der Waals surface area contributed by atoms with Crippen molar-refractivity contribution < 1.29 is 27.9 Å². The van der Waals surface area contributed by atoms with Crippen LogP contribution < -0.4 is 10.2 Å². The molecule has 5 heterocycles. The molecular formula is C41H41F2N7O4. The van der Waals surface area contributed by atoms with Crippen LogP contribution in [-0.2, 0) is 27.2 Å². The lowest BCUT2D eigenvalue weighted by atomic mass is 10.0. The van der Waals surface area contributed by atoms with Crippen molar-refractivity contribution >= 4 is 23.6 Å². The van der Waals surface area contributed by atoms with Crippen molar-refractivity contribution in [3.63, 3.8) is 0 Å². The summed E-state index contributed by atoms with van der Waals surface area (Å²) in [6.45, 7) is 2.68. The second-order valence-electron chi connectivity index (χ2n) is 14.7. The first kappa shape index (κ1) is 35.2. The van der Waals surface area contributed by atoms with Crippen LogP contribution >= 0.6 is 0 Å². The van der Waals surface area contributed by atoms with Crippen LogP contribution in [0.2, 0.25) is 0 Å². The fraction of sp³-hybridized carbons (Fsp3) is 0.341. The Morgan fingerprint density at radius 2 is 1.43 bits per heavy atom. The van der Waals surface area contributed by atoms with Gasteiger partial charge in [-0.15, -0.1) is 0 Å². The number of benzene rings is 3. The van der Waals surface area contributed by atoms with E-state index in [2.05, 4.69) is 43.2 Å². The van der Waals surface area contributed by atoms with Crippen molar-refractivity contribution in [3.05, 3.63) is 102 Å². The van der Waals surface area contributed by atoms with E-state index in [4.69, 9.17) is 4.98 Å². The second-order valence-corrected chi connectivity index (χ2v) is 14.7. The van der Waals surface area contributed by atoms with Gasteiger partial charge in [-0.25, -0.2) is 23.5 Å². The summed E-state index contributed by atoms with van der Waals surface area (Å²) in [5.41, 5.74) is 8.76. The van der Waals surface area contributed by atoms with Crippen LogP contribution in [0.25, 0.3) is 33.6 Å². The number of hydrogen-bond donors (Lipinski definition) is 3. The Kier molecular flexibility index (Phi) is 9.03. The van der Waals surface area contributed by atoms with E-state index in [0.717, 1.165) is 63.6 Å². The van der Waals surface area contributed by atoms with E-state index < -0.39 is 43.0 Å². The number of alkyl carbamates (subject to hydrolysis) is 1. The van der Waals surface area contributed by atoms with Gasteiger partial charge in [0.1, 0.15) is 17.7 Å². The summed E-state index contributed by atoms with van der Waals surface area (Å²) in [4.78, 5) is 57.4. The highest BCUT2D eigenvalue weighted by atomic mass is 19.3. The van der Waals surface area contributed by atoms with Crippen LogP contribution in [0.3, 0.4) is 0 Å². The normalized spacial score (nSPS) is 19.5. The number of halogens is 2. The minimum absolute atomic E-state index is 0.147. The van der Waals surface area contributed by atoms with Gasteiger partial charge in [-0.3, -0.25) is 9.59 Å². The molecule has 0 bridgehead atoms. The summed E-state index contributed by atoms with van der Waals surface area (Å²) in [6.07, 6.45) is 5.04. The van der Waals surface area contributed by atoms with Crippen molar-refractivity contribution in [1.29, 1.82) is 0 Å². The Balaban J connectivity index is 0.961. The smallest absolute Gasteiger partial charge is 0.407 e. The van der Waals surface area contributed by atoms with Crippen molar-refractivity contribution in [2.45, 2.75) is 70.0 Å². The van der Waals surface area contributed by atoms with Crippen LogP contribution in [0, 0.1) is 5.92 Å². The first-order chi connectivity index (χ1) is 26.0. The fourth-order valence-corrected chi connectivity index (χ4v) is 8.00. The van der Waals surface area contributed by atoms with Gasteiger partial charge in [0.05, 0.1) is 55.2 Å². The average Bonchev–Trinajstić information content (AvgIpc) is 3.97. The number of aryl methyl sites for hydroxylation is 1. The average molecular weight is 734 g/mol. The molecule has 3 atom stereocenters. The van der Waals surface area contributed by atoms with Crippen LogP contribution in [0.15, 0.2) is 79.1 Å². The molecule has 0 unspecified atom stereocenters. The number of methoxy groups -OCH3 is 1. The van der Waals surface area contributed by atoms with Gasteiger partial charge < -0.3 is 29.8 Å². The van der Waals surface area contributed by atoms with E-state index in [1.807, 2.05) is 59.6 Å². The molecule has 2 aromatic heterocycles. The van der Waals surface area contributed by atoms with Crippen molar-refractivity contribution in [2.75, 3.05) is 18.6 Å². The number of hydrogen-bond acceptors (Lipinski definition) is 6. The Morgan fingerprint density at radius 3 is 2.02 bits per heavy atom.